The molecule has 0 saturated heterocycles. The number of hydrogen-bond acceptors (Lipinski definition) is 1. The number of nitrogens with zero attached hydrogens (tertiary/aromatic N) is 1. The van der Waals surface area contributed by atoms with Gasteiger partial charge in [-0.15, -0.1) is 0 Å². The van der Waals surface area contributed by atoms with Crippen LogP contribution in [0.5, 0.6) is 0 Å². The van der Waals surface area contributed by atoms with E-state index in [1.54, 1.807) is 0 Å². The molecule has 0 bridgehead atoms. The molecule has 80 valence electrons. The van der Waals surface area contributed by atoms with Crippen LogP contribution in [0.3, 0.4) is 0 Å². The first-order chi connectivity index (χ1) is 7.00. The molecule has 15 heavy (non-hydrogen) atoms. The molecule has 0 aliphatic carbocycles. The van der Waals surface area contributed by atoms with E-state index in [9.17, 15) is 0 Å². The zero-order chi connectivity index (χ0) is 11.1. The summed E-state index contributed by atoms with van der Waals surface area (Å²) in [5.41, 5.74) is 3.52. The molecule has 0 amide bonds. The van der Waals surface area contributed by atoms with Crippen LogP contribution < -0.4 is 0 Å². The van der Waals surface area contributed by atoms with Crippen LogP contribution in [0.4, 0.5) is 0 Å². The number of nitrogens with one attached hydrogen (secondary N) is 1. The molecule has 0 aliphatic rings. The lowest BCUT2D eigenvalue weighted by molar-refractivity contribution is 0.571. The Morgan fingerprint density at radius 3 is 2.60 bits per heavy atom. The number of fused-ring (bicyclic) bond motifs is 1. The topological polar surface area (TPSA) is 28.7 Å². The molecular weight excluding hydrogens is 184 g/mol. The SMILES string of the molecule is CCc1cc2ccc(C(C)(C)C)nc2[nH]1. The number of rotatable bonds is 1. The van der Waals surface area contributed by atoms with E-state index in [2.05, 4.69) is 55.9 Å². The maximum atomic E-state index is 4.66. The fourth-order valence-electron chi connectivity index (χ4n) is 1.67. The van der Waals surface area contributed by atoms with Crippen molar-refractivity contribution in [1.82, 2.24) is 9.97 Å². The van der Waals surface area contributed by atoms with E-state index >= 15 is 0 Å². The number of aromatic amines is 1. The fourth-order valence-corrected chi connectivity index (χ4v) is 1.67. The number of aryl methyl sites for hydroxylation is 1. The standard InChI is InChI=1S/C13H18N2/c1-5-10-8-9-6-7-11(13(2,3)4)15-12(9)14-10/h6-8H,5H2,1-4H3,(H,14,15). The van der Waals surface area contributed by atoms with Crippen LogP contribution in [0.2, 0.25) is 0 Å². The Bertz CT molecular complexity index is 475. The van der Waals surface area contributed by atoms with Gasteiger partial charge in [0, 0.05) is 22.2 Å². The average molecular weight is 202 g/mol. The highest BCUT2D eigenvalue weighted by Gasteiger charge is 2.15. The van der Waals surface area contributed by atoms with Crippen molar-refractivity contribution in [2.75, 3.05) is 0 Å². The first kappa shape index (κ1) is 10.2. The molecule has 0 unspecified atom stereocenters. The molecule has 2 heteroatoms. The highest BCUT2D eigenvalue weighted by molar-refractivity contribution is 5.76. The van der Waals surface area contributed by atoms with Crippen molar-refractivity contribution < 1.29 is 0 Å². The van der Waals surface area contributed by atoms with Crippen molar-refractivity contribution >= 4 is 11.0 Å². The number of hydrogen-bond donors (Lipinski definition) is 1. The Hall–Kier alpha value is -1.31. The molecule has 0 atom stereocenters. The largest absolute Gasteiger partial charge is 0.343 e. The van der Waals surface area contributed by atoms with Crippen LogP contribution in [0.15, 0.2) is 18.2 Å². The number of H-pyrrole nitrogens is 1. The molecule has 0 saturated carbocycles. The average Bonchev–Trinajstić information content (AvgIpc) is 2.57. The maximum Gasteiger partial charge on any atom is 0.137 e. The molecular formula is C13H18N2. The van der Waals surface area contributed by atoms with Crippen molar-refractivity contribution in [2.45, 2.75) is 39.5 Å². The Labute approximate surface area is 90.7 Å². The molecule has 0 aliphatic heterocycles. The van der Waals surface area contributed by atoms with Gasteiger partial charge < -0.3 is 4.98 Å². The molecule has 2 nitrogen and oxygen atoms in total. The summed E-state index contributed by atoms with van der Waals surface area (Å²) in [5.74, 6) is 0. The van der Waals surface area contributed by atoms with Crippen LogP contribution in [0.1, 0.15) is 39.1 Å². The second-order valence-corrected chi connectivity index (χ2v) is 5.03. The second kappa shape index (κ2) is 3.37. The maximum absolute atomic E-state index is 4.66. The highest BCUT2D eigenvalue weighted by Crippen LogP contribution is 2.23. The van der Waals surface area contributed by atoms with E-state index < -0.39 is 0 Å². The van der Waals surface area contributed by atoms with Crippen molar-refractivity contribution in [1.29, 1.82) is 0 Å². The zero-order valence-electron chi connectivity index (χ0n) is 9.89. The van der Waals surface area contributed by atoms with E-state index in [0.29, 0.717) is 0 Å². The highest BCUT2D eigenvalue weighted by atomic mass is 14.9. The summed E-state index contributed by atoms with van der Waals surface area (Å²) in [6.45, 7) is 8.70. The number of aromatic nitrogens is 2. The van der Waals surface area contributed by atoms with E-state index in [4.69, 9.17) is 0 Å². The van der Waals surface area contributed by atoms with Gasteiger partial charge in [0.2, 0.25) is 0 Å². The lowest BCUT2D eigenvalue weighted by atomic mass is 9.91. The Kier molecular flexibility index (Phi) is 2.29. The summed E-state index contributed by atoms with van der Waals surface area (Å²) < 4.78 is 0. The van der Waals surface area contributed by atoms with Crippen LogP contribution in [-0.4, -0.2) is 9.97 Å². The van der Waals surface area contributed by atoms with Crippen molar-refractivity contribution in [2.24, 2.45) is 0 Å². The van der Waals surface area contributed by atoms with Crippen LogP contribution >= 0.6 is 0 Å². The smallest absolute Gasteiger partial charge is 0.137 e. The summed E-state index contributed by atoms with van der Waals surface area (Å²) in [5, 5.41) is 1.21. The molecule has 0 radical (unpaired) electrons. The second-order valence-electron chi connectivity index (χ2n) is 5.03. The van der Waals surface area contributed by atoms with Gasteiger partial charge in [0.1, 0.15) is 5.65 Å². The van der Waals surface area contributed by atoms with Gasteiger partial charge in [-0.2, -0.15) is 0 Å². The molecule has 2 aromatic heterocycles. The minimum atomic E-state index is 0.117. The summed E-state index contributed by atoms with van der Waals surface area (Å²) in [7, 11) is 0. The van der Waals surface area contributed by atoms with Gasteiger partial charge in [0.15, 0.2) is 0 Å². The van der Waals surface area contributed by atoms with Gasteiger partial charge in [0.05, 0.1) is 0 Å². The van der Waals surface area contributed by atoms with E-state index in [0.717, 1.165) is 17.8 Å². The summed E-state index contributed by atoms with van der Waals surface area (Å²) in [4.78, 5) is 8.01. The molecule has 1 N–H and O–H groups in total. The summed E-state index contributed by atoms with van der Waals surface area (Å²) >= 11 is 0. The number of pyridine rings is 1. The first-order valence-electron chi connectivity index (χ1n) is 5.50. The van der Waals surface area contributed by atoms with Crippen LogP contribution in [0.25, 0.3) is 11.0 Å². The Morgan fingerprint density at radius 2 is 2.00 bits per heavy atom. The van der Waals surface area contributed by atoms with Gasteiger partial charge in [-0.1, -0.05) is 27.7 Å². The predicted octanol–water partition coefficient (Wildman–Crippen LogP) is 3.42. The molecule has 2 rings (SSSR count). The van der Waals surface area contributed by atoms with Gasteiger partial charge in [-0.25, -0.2) is 4.98 Å². The first-order valence-corrected chi connectivity index (χ1v) is 5.50. The molecule has 0 aromatic carbocycles. The van der Waals surface area contributed by atoms with Gasteiger partial charge in [-0.3, -0.25) is 0 Å². The van der Waals surface area contributed by atoms with Crippen molar-refractivity contribution in [3.63, 3.8) is 0 Å². The summed E-state index contributed by atoms with van der Waals surface area (Å²) in [6, 6.07) is 6.45. The quantitative estimate of drug-likeness (QED) is 0.754. The van der Waals surface area contributed by atoms with Gasteiger partial charge in [0.25, 0.3) is 0 Å². The van der Waals surface area contributed by atoms with Gasteiger partial charge >= 0.3 is 0 Å². The normalized spacial score (nSPS) is 12.3. The molecule has 0 fully saturated rings. The molecule has 2 aromatic rings. The minimum Gasteiger partial charge on any atom is -0.343 e. The lowest BCUT2D eigenvalue weighted by Gasteiger charge is -2.17. The predicted molar refractivity (Wildman–Crippen MR) is 64.2 cm³/mol. The molecule has 0 spiro atoms. The third kappa shape index (κ3) is 1.89. The minimum absolute atomic E-state index is 0.117. The van der Waals surface area contributed by atoms with Crippen molar-refractivity contribution in [3.8, 4) is 0 Å². The van der Waals surface area contributed by atoms with E-state index in [1.165, 1.54) is 11.1 Å². The fraction of sp³-hybridized carbons (Fsp3) is 0.462. The zero-order valence-corrected chi connectivity index (χ0v) is 9.89. The van der Waals surface area contributed by atoms with Crippen LogP contribution in [-0.2, 0) is 11.8 Å². The van der Waals surface area contributed by atoms with Gasteiger partial charge in [-0.05, 0) is 24.6 Å². The Morgan fingerprint density at radius 1 is 1.27 bits per heavy atom. The van der Waals surface area contributed by atoms with E-state index in [-0.39, 0.29) is 5.41 Å². The third-order valence-corrected chi connectivity index (χ3v) is 2.68. The van der Waals surface area contributed by atoms with Crippen LogP contribution in [0, 0.1) is 0 Å². The Balaban J connectivity index is 2.55. The van der Waals surface area contributed by atoms with E-state index in [1.807, 2.05) is 0 Å². The lowest BCUT2D eigenvalue weighted by Crippen LogP contribution is -2.13. The van der Waals surface area contributed by atoms with Crippen molar-refractivity contribution in [3.05, 3.63) is 29.6 Å². The third-order valence-electron chi connectivity index (χ3n) is 2.68. The summed E-state index contributed by atoms with van der Waals surface area (Å²) in [6.07, 6.45) is 1.03. The monoisotopic (exact) mass is 202 g/mol. The molecule has 2 heterocycles.